The van der Waals surface area contributed by atoms with Crippen LogP contribution in [0, 0.1) is 29.8 Å². The number of aliphatic hydroxyl groups excluding tert-OH is 1. The lowest BCUT2D eigenvalue weighted by Gasteiger charge is -2.47. The summed E-state index contributed by atoms with van der Waals surface area (Å²) in [5, 5.41) is 12.0. The molecule has 0 spiro atoms. The molecule has 3 fully saturated rings. The van der Waals surface area contributed by atoms with Crippen molar-refractivity contribution in [3.05, 3.63) is 60.7 Å². The highest BCUT2D eigenvalue weighted by atomic mass is 16.5. The second-order valence-corrected chi connectivity index (χ2v) is 6.98. The third-order valence-corrected chi connectivity index (χ3v) is 5.83. The maximum Gasteiger partial charge on any atom is 0.127 e. The van der Waals surface area contributed by atoms with Gasteiger partial charge in [0.2, 0.25) is 0 Å². The van der Waals surface area contributed by atoms with E-state index in [1.54, 1.807) is 13.3 Å². The first kappa shape index (κ1) is 15.6. The molecule has 3 atom stereocenters. The lowest BCUT2D eigenvalue weighted by Crippen LogP contribution is -2.38. The molecule has 2 bridgehead atoms. The summed E-state index contributed by atoms with van der Waals surface area (Å²) in [6, 6.07) is 7.73. The summed E-state index contributed by atoms with van der Waals surface area (Å²) in [5.41, 5.74) is 1.77. The van der Waals surface area contributed by atoms with Gasteiger partial charge < -0.3 is 9.84 Å². The zero-order valence-corrected chi connectivity index (χ0v) is 14.0. The van der Waals surface area contributed by atoms with Crippen LogP contribution in [0.2, 0.25) is 0 Å². The number of benzene rings is 1. The van der Waals surface area contributed by atoms with Gasteiger partial charge in [0, 0.05) is 17.5 Å². The summed E-state index contributed by atoms with van der Waals surface area (Å²) in [6.07, 6.45) is 8.86. The number of ether oxygens (including phenoxy) is 1. The fraction of sp³-hybridized carbons (Fsp3) is 0.381. The predicted molar refractivity (Wildman–Crippen MR) is 95.0 cm³/mol. The van der Waals surface area contributed by atoms with Gasteiger partial charge in [0.25, 0.3) is 0 Å². The lowest BCUT2D eigenvalue weighted by atomic mass is 9.58. The Morgan fingerprint density at radius 2 is 2.25 bits per heavy atom. The summed E-state index contributed by atoms with van der Waals surface area (Å²) in [4.78, 5) is 4.42. The zero-order chi connectivity index (χ0) is 16.7. The third-order valence-electron chi connectivity index (χ3n) is 5.83. The van der Waals surface area contributed by atoms with Crippen molar-refractivity contribution in [2.24, 2.45) is 17.8 Å². The van der Waals surface area contributed by atoms with Crippen LogP contribution in [0.4, 0.5) is 0 Å². The molecule has 124 valence electrons. The number of hydrogen-bond acceptors (Lipinski definition) is 3. The van der Waals surface area contributed by atoms with Crippen molar-refractivity contribution in [1.82, 2.24) is 4.98 Å². The third kappa shape index (κ3) is 2.51. The number of rotatable bonds is 4. The molecule has 3 aliphatic carbocycles. The first-order valence-electron chi connectivity index (χ1n) is 8.67. The molecule has 2 aromatic rings. The minimum Gasteiger partial charge on any atom is -0.497 e. The number of methoxy groups -OCH3 is 1. The molecule has 1 heterocycles. The Morgan fingerprint density at radius 1 is 1.38 bits per heavy atom. The van der Waals surface area contributed by atoms with Crippen LogP contribution in [-0.4, -0.2) is 17.2 Å². The largest absolute Gasteiger partial charge is 0.497 e. The topological polar surface area (TPSA) is 42.4 Å². The minimum absolute atomic E-state index is 0.178. The smallest absolute Gasteiger partial charge is 0.127 e. The van der Waals surface area contributed by atoms with Crippen LogP contribution >= 0.6 is 0 Å². The molecular weight excluding hydrogens is 298 g/mol. The van der Waals surface area contributed by atoms with Crippen molar-refractivity contribution in [2.45, 2.75) is 25.7 Å². The van der Waals surface area contributed by atoms with Crippen LogP contribution in [-0.2, 0) is 0 Å². The van der Waals surface area contributed by atoms with E-state index in [0.29, 0.717) is 17.9 Å². The van der Waals surface area contributed by atoms with Gasteiger partial charge in [-0.15, -0.1) is 6.58 Å². The standard InChI is InChI=1S/C21H23NO2/c1-3-13-10-15-5-4-14(13)11-18(15)21(23)17-8-9-22-20-7-6-16(24-2)12-19(17)20/h3,6-9,12-14,18,23H,1,4-5,10-11H2,2H3/t13-,14-,18+/m0/s1. The van der Waals surface area contributed by atoms with Gasteiger partial charge >= 0.3 is 0 Å². The molecule has 5 rings (SSSR count). The average molecular weight is 321 g/mol. The van der Waals surface area contributed by atoms with E-state index in [2.05, 4.69) is 17.6 Å². The van der Waals surface area contributed by atoms with E-state index in [-0.39, 0.29) is 5.92 Å². The number of nitrogens with zero attached hydrogens (tertiary/aromatic N) is 1. The number of aliphatic hydroxyl groups is 1. The molecule has 0 saturated heterocycles. The van der Waals surface area contributed by atoms with Crippen LogP contribution in [0.5, 0.6) is 5.75 Å². The van der Waals surface area contributed by atoms with Crippen LogP contribution in [0.25, 0.3) is 10.9 Å². The van der Waals surface area contributed by atoms with E-state index >= 15 is 0 Å². The van der Waals surface area contributed by atoms with E-state index in [1.807, 2.05) is 24.3 Å². The van der Waals surface area contributed by atoms with Gasteiger partial charge in [0.1, 0.15) is 11.9 Å². The highest BCUT2D eigenvalue weighted by Crippen LogP contribution is 2.53. The minimum atomic E-state index is 0.178. The van der Waals surface area contributed by atoms with Gasteiger partial charge in [-0.05, 0) is 73.3 Å². The van der Waals surface area contributed by atoms with Crippen molar-refractivity contribution in [3.8, 4) is 5.75 Å². The number of allylic oxidation sites excluding steroid dienone is 1. The van der Waals surface area contributed by atoms with Crippen molar-refractivity contribution in [2.75, 3.05) is 7.11 Å². The fourth-order valence-corrected chi connectivity index (χ4v) is 4.48. The number of pyridine rings is 1. The highest BCUT2D eigenvalue weighted by Gasteiger charge is 2.44. The quantitative estimate of drug-likeness (QED) is 0.831. The zero-order valence-electron chi connectivity index (χ0n) is 14.0. The van der Waals surface area contributed by atoms with Gasteiger partial charge in [0.05, 0.1) is 12.6 Å². The molecule has 0 aliphatic heterocycles. The molecule has 0 amide bonds. The summed E-state index contributed by atoms with van der Waals surface area (Å²) in [5.74, 6) is 3.68. The molecular formula is C21H23NO2. The summed E-state index contributed by atoms with van der Waals surface area (Å²) in [7, 11) is 1.66. The molecule has 1 N–H and O–H groups in total. The molecule has 2 radical (unpaired) electrons. The van der Waals surface area contributed by atoms with E-state index in [0.717, 1.165) is 41.5 Å². The Hall–Kier alpha value is -1.87. The Balaban J connectivity index is 1.69. The molecule has 3 saturated carbocycles. The first-order chi connectivity index (χ1) is 11.7. The summed E-state index contributed by atoms with van der Waals surface area (Å²) < 4.78 is 5.35. The van der Waals surface area contributed by atoms with Crippen LogP contribution in [0.3, 0.4) is 0 Å². The average Bonchev–Trinajstić information content (AvgIpc) is 2.66. The summed E-state index contributed by atoms with van der Waals surface area (Å²) in [6.45, 7) is 3.99. The number of fused-ring (bicyclic) bond motifs is 4. The molecule has 24 heavy (non-hydrogen) atoms. The lowest BCUT2D eigenvalue weighted by molar-refractivity contribution is 0.125. The summed E-state index contributed by atoms with van der Waals surface area (Å²) >= 11 is 0. The maximum absolute atomic E-state index is 11.1. The molecule has 3 nitrogen and oxygen atoms in total. The van der Waals surface area contributed by atoms with E-state index in [9.17, 15) is 5.11 Å². The molecule has 1 aromatic carbocycles. The van der Waals surface area contributed by atoms with E-state index < -0.39 is 0 Å². The monoisotopic (exact) mass is 321 g/mol. The Bertz CT molecular complexity index is 757. The van der Waals surface area contributed by atoms with Crippen LogP contribution in [0.1, 0.15) is 31.2 Å². The van der Waals surface area contributed by atoms with E-state index in [4.69, 9.17) is 4.74 Å². The van der Waals surface area contributed by atoms with Crippen LogP contribution in [0.15, 0.2) is 43.1 Å². The van der Waals surface area contributed by atoms with Crippen molar-refractivity contribution >= 4 is 10.9 Å². The fourth-order valence-electron chi connectivity index (χ4n) is 4.48. The van der Waals surface area contributed by atoms with Crippen molar-refractivity contribution in [3.63, 3.8) is 0 Å². The number of hydrogen-bond donors (Lipinski definition) is 1. The van der Waals surface area contributed by atoms with Crippen molar-refractivity contribution in [1.29, 1.82) is 0 Å². The van der Waals surface area contributed by atoms with Gasteiger partial charge in [-0.1, -0.05) is 6.08 Å². The Kier molecular flexibility index (Phi) is 4.05. The maximum atomic E-state index is 11.1. The van der Waals surface area contributed by atoms with Crippen LogP contribution < -0.4 is 4.74 Å². The Morgan fingerprint density at radius 3 is 2.96 bits per heavy atom. The first-order valence-corrected chi connectivity index (χ1v) is 8.67. The van der Waals surface area contributed by atoms with Gasteiger partial charge in [-0.25, -0.2) is 0 Å². The van der Waals surface area contributed by atoms with Gasteiger partial charge in [-0.3, -0.25) is 4.98 Å². The molecule has 3 heteroatoms. The number of aromatic nitrogens is 1. The second-order valence-electron chi connectivity index (χ2n) is 6.98. The molecule has 0 unspecified atom stereocenters. The van der Waals surface area contributed by atoms with Crippen molar-refractivity contribution < 1.29 is 9.84 Å². The predicted octanol–water partition coefficient (Wildman–Crippen LogP) is 4.69. The Labute approximate surface area is 143 Å². The second kappa shape index (κ2) is 6.21. The van der Waals surface area contributed by atoms with Gasteiger partial charge in [0.15, 0.2) is 0 Å². The normalized spacial score (nSPS) is 26.9. The molecule has 3 aliphatic rings. The SMILES string of the molecule is C=C[C@H]1C[C]2CC[C@H]1C[C@H]2[C](O)c1ccnc2ccc(OC)cc12. The highest BCUT2D eigenvalue weighted by molar-refractivity contribution is 5.85. The molecule has 1 aromatic heterocycles. The van der Waals surface area contributed by atoms with Gasteiger partial charge in [-0.2, -0.15) is 0 Å². The van der Waals surface area contributed by atoms with E-state index in [1.165, 1.54) is 12.3 Å².